The molecule has 126 valence electrons. The zero-order valence-corrected chi connectivity index (χ0v) is 13.4. The van der Waals surface area contributed by atoms with E-state index in [1.54, 1.807) is 6.07 Å². The lowest BCUT2D eigenvalue weighted by atomic mass is 10.1. The molecule has 2 N–H and O–H groups in total. The molecule has 1 fully saturated rings. The first-order chi connectivity index (χ1) is 11.7. The molecule has 2 aromatic rings. The van der Waals surface area contributed by atoms with Crippen LogP contribution < -0.4 is 15.4 Å². The molecule has 1 heterocycles. The molecule has 0 spiro atoms. The number of rotatable bonds is 6. The zero-order valence-electron chi connectivity index (χ0n) is 13.4. The van der Waals surface area contributed by atoms with Gasteiger partial charge in [0.25, 0.3) is 0 Å². The minimum Gasteiger partial charge on any atom is -0.489 e. The van der Waals surface area contributed by atoms with E-state index in [1.165, 1.54) is 12.1 Å². The molecule has 1 amide bonds. The molecule has 5 heteroatoms. The van der Waals surface area contributed by atoms with Crippen molar-refractivity contribution in [1.29, 1.82) is 0 Å². The molecule has 1 atom stereocenters. The normalized spacial score (nSPS) is 17.4. The van der Waals surface area contributed by atoms with Crippen molar-refractivity contribution in [1.82, 2.24) is 10.6 Å². The lowest BCUT2D eigenvalue weighted by Gasteiger charge is -2.22. The molecule has 0 unspecified atom stereocenters. The highest BCUT2D eigenvalue weighted by Crippen LogP contribution is 2.15. The summed E-state index contributed by atoms with van der Waals surface area (Å²) in [6.45, 7) is 1.74. The summed E-state index contributed by atoms with van der Waals surface area (Å²) in [7, 11) is 0. The molecular formula is C19H21FN2O2. The number of carbonyl (C=O) groups excluding carboxylic acids is 1. The number of hydrogen-bond donors (Lipinski definition) is 2. The maximum absolute atomic E-state index is 13.1. The third kappa shape index (κ3) is 4.55. The Hall–Kier alpha value is -2.40. The quantitative estimate of drug-likeness (QED) is 0.857. The molecular weight excluding hydrogens is 307 g/mol. The van der Waals surface area contributed by atoms with E-state index in [1.807, 2.05) is 30.3 Å². The van der Waals surface area contributed by atoms with E-state index < -0.39 is 0 Å². The number of carbonyl (C=O) groups is 1. The molecule has 0 radical (unpaired) electrons. The maximum Gasteiger partial charge on any atom is 0.237 e. The van der Waals surface area contributed by atoms with E-state index in [2.05, 4.69) is 10.6 Å². The number of ether oxygens (including phenoxy) is 1. The van der Waals surface area contributed by atoms with Gasteiger partial charge in [0.2, 0.25) is 5.91 Å². The van der Waals surface area contributed by atoms with Crippen molar-refractivity contribution in [2.45, 2.75) is 32.0 Å². The van der Waals surface area contributed by atoms with Crippen LogP contribution in [0.1, 0.15) is 24.0 Å². The summed E-state index contributed by atoms with van der Waals surface area (Å²) in [5.41, 5.74) is 1.88. The van der Waals surface area contributed by atoms with Gasteiger partial charge in [-0.1, -0.05) is 24.3 Å². The average molecular weight is 328 g/mol. The number of halogens is 1. The molecule has 0 bridgehead atoms. The van der Waals surface area contributed by atoms with Crippen molar-refractivity contribution in [2.75, 3.05) is 6.54 Å². The topological polar surface area (TPSA) is 50.4 Å². The Kier molecular flexibility index (Phi) is 5.43. The van der Waals surface area contributed by atoms with Crippen LogP contribution in [0, 0.1) is 5.82 Å². The Morgan fingerprint density at radius 1 is 1.17 bits per heavy atom. The second-order valence-corrected chi connectivity index (χ2v) is 5.93. The van der Waals surface area contributed by atoms with Crippen LogP contribution in [-0.2, 0) is 17.9 Å². The Morgan fingerprint density at radius 2 is 2.00 bits per heavy atom. The van der Waals surface area contributed by atoms with Gasteiger partial charge in [0.15, 0.2) is 0 Å². The van der Waals surface area contributed by atoms with Crippen molar-refractivity contribution < 1.29 is 13.9 Å². The van der Waals surface area contributed by atoms with Crippen molar-refractivity contribution >= 4 is 5.91 Å². The predicted molar refractivity (Wildman–Crippen MR) is 90.0 cm³/mol. The first kappa shape index (κ1) is 16.5. The van der Waals surface area contributed by atoms with Gasteiger partial charge < -0.3 is 15.4 Å². The number of nitrogens with one attached hydrogen (secondary N) is 2. The molecule has 4 nitrogen and oxygen atoms in total. The monoisotopic (exact) mass is 328 g/mol. The van der Waals surface area contributed by atoms with E-state index in [9.17, 15) is 9.18 Å². The summed E-state index contributed by atoms with van der Waals surface area (Å²) in [6.07, 6.45) is 1.89. The van der Waals surface area contributed by atoms with Gasteiger partial charge in [0.05, 0.1) is 6.04 Å². The Balaban J connectivity index is 1.49. The molecule has 0 aromatic heterocycles. The second-order valence-electron chi connectivity index (χ2n) is 5.93. The number of amides is 1. The van der Waals surface area contributed by atoms with Gasteiger partial charge in [0.1, 0.15) is 18.2 Å². The summed E-state index contributed by atoms with van der Waals surface area (Å²) in [5.74, 6) is 0.555. The van der Waals surface area contributed by atoms with Crippen molar-refractivity contribution in [3.05, 3.63) is 65.5 Å². The molecule has 24 heavy (non-hydrogen) atoms. The molecule has 3 rings (SSSR count). The van der Waals surface area contributed by atoms with Crippen LogP contribution in [0.3, 0.4) is 0 Å². The van der Waals surface area contributed by atoms with Gasteiger partial charge in [-0.2, -0.15) is 0 Å². The summed E-state index contributed by atoms with van der Waals surface area (Å²) in [6, 6.07) is 14.0. The maximum atomic E-state index is 13.1. The third-order valence-electron chi connectivity index (χ3n) is 4.06. The van der Waals surface area contributed by atoms with Gasteiger partial charge in [-0.05, 0) is 48.2 Å². The minimum absolute atomic E-state index is 0.0799. The summed E-state index contributed by atoms with van der Waals surface area (Å²) in [4.78, 5) is 11.7. The van der Waals surface area contributed by atoms with Crippen molar-refractivity contribution in [2.24, 2.45) is 0 Å². The van der Waals surface area contributed by atoms with Gasteiger partial charge in [0, 0.05) is 13.1 Å². The lowest BCUT2D eigenvalue weighted by Crippen LogP contribution is -2.47. The van der Waals surface area contributed by atoms with E-state index in [-0.39, 0.29) is 17.8 Å². The van der Waals surface area contributed by atoms with E-state index >= 15 is 0 Å². The van der Waals surface area contributed by atoms with Gasteiger partial charge >= 0.3 is 0 Å². The lowest BCUT2D eigenvalue weighted by molar-refractivity contribution is -0.124. The summed E-state index contributed by atoms with van der Waals surface area (Å²) < 4.78 is 18.8. The highest BCUT2D eigenvalue weighted by atomic mass is 19.1. The summed E-state index contributed by atoms with van der Waals surface area (Å²) in [5, 5.41) is 6.14. The van der Waals surface area contributed by atoms with Crippen molar-refractivity contribution in [3.8, 4) is 5.75 Å². The van der Waals surface area contributed by atoms with Crippen LogP contribution in [0.2, 0.25) is 0 Å². The van der Waals surface area contributed by atoms with Crippen LogP contribution in [0.15, 0.2) is 48.5 Å². The predicted octanol–water partition coefficient (Wildman–Crippen LogP) is 2.77. The Bertz CT molecular complexity index is 688. The molecule has 1 aliphatic rings. The van der Waals surface area contributed by atoms with Crippen LogP contribution in [0.5, 0.6) is 5.75 Å². The van der Waals surface area contributed by atoms with E-state index in [0.29, 0.717) is 13.2 Å². The largest absolute Gasteiger partial charge is 0.489 e. The van der Waals surface area contributed by atoms with Crippen LogP contribution in [0.25, 0.3) is 0 Å². The first-order valence-electron chi connectivity index (χ1n) is 8.18. The number of hydrogen-bond acceptors (Lipinski definition) is 3. The smallest absolute Gasteiger partial charge is 0.237 e. The molecule has 0 aliphatic carbocycles. The van der Waals surface area contributed by atoms with Crippen molar-refractivity contribution in [3.63, 3.8) is 0 Å². The zero-order chi connectivity index (χ0) is 16.8. The SMILES string of the molecule is O=C1NCCC[C@@H]1NCc1ccc(OCc2cccc(F)c2)cc1. The number of benzene rings is 2. The Morgan fingerprint density at radius 3 is 2.75 bits per heavy atom. The van der Waals surface area contributed by atoms with Gasteiger partial charge in [-0.15, -0.1) is 0 Å². The standard InChI is InChI=1S/C19H21FN2O2/c20-16-4-1-3-15(11-16)13-24-17-8-6-14(7-9-17)12-22-18-5-2-10-21-19(18)23/h1,3-4,6-9,11,18,22H,2,5,10,12-13H2,(H,21,23)/t18-/m0/s1. The second kappa shape index (κ2) is 7.93. The fourth-order valence-electron chi connectivity index (χ4n) is 2.70. The van der Waals surface area contributed by atoms with Gasteiger partial charge in [-0.25, -0.2) is 4.39 Å². The fourth-order valence-corrected chi connectivity index (χ4v) is 2.70. The first-order valence-corrected chi connectivity index (χ1v) is 8.18. The third-order valence-corrected chi connectivity index (χ3v) is 4.06. The van der Waals surface area contributed by atoms with E-state index in [0.717, 1.165) is 36.3 Å². The molecule has 2 aromatic carbocycles. The fraction of sp³-hybridized carbons (Fsp3) is 0.316. The Labute approximate surface area is 141 Å². The number of piperidine rings is 1. The summed E-state index contributed by atoms with van der Waals surface area (Å²) >= 11 is 0. The van der Waals surface area contributed by atoms with Crippen LogP contribution in [-0.4, -0.2) is 18.5 Å². The molecule has 1 saturated heterocycles. The van der Waals surface area contributed by atoms with Gasteiger partial charge in [-0.3, -0.25) is 4.79 Å². The highest BCUT2D eigenvalue weighted by Gasteiger charge is 2.20. The molecule has 0 saturated carbocycles. The highest BCUT2D eigenvalue weighted by molar-refractivity contribution is 5.82. The minimum atomic E-state index is -0.260. The van der Waals surface area contributed by atoms with Crippen LogP contribution >= 0.6 is 0 Å². The van der Waals surface area contributed by atoms with Crippen LogP contribution in [0.4, 0.5) is 4.39 Å². The average Bonchev–Trinajstić information content (AvgIpc) is 2.60. The molecule has 1 aliphatic heterocycles. The van der Waals surface area contributed by atoms with E-state index in [4.69, 9.17) is 4.74 Å².